The molecule has 3 nitrogen and oxygen atoms in total. The molecule has 2 rings (SSSR count). The molecule has 3 unspecified atom stereocenters. The van der Waals surface area contributed by atoms with Gasteiger partial charge in [-0.25, -0.2) is 0 Å². The van der Waals surface area contributed by atoms with Crippen molar-refractivity contribution in [1.82, 2.24) is 10.6 Å². The standard InChI is InChI=1S/C13H19BrN2OS.ClH/c1-8-7-10(5-6-15-8)16-13(17)9(2)11-3-4-12(14)18-11;/h3-4,8-10,15H,5-7H2,1-2H3,(H,16,17);1H. The van der Waals surface area contributed by atoms with E-state index in [1.807, 2.05) is 19.1 Å². The van der Waals surface area contributed by atoms with Crippen molar-refractivity contribution >= 4 is 45.6 Å². The predicted octanol–water partition coefficient (Wildman–Crippen LogP) is 3.29. The van der Waals surface area contributed by atoms with Gasteiger partial charge in [0.05, 0.1) is 9.70 Å². The molecule has 2 N–H and O–H groups in total. The van der Waals surface area contributed by atoms with E-state index in [2.05, 4.69) is 33.5 Å². The second kappa shape index (κ2) is 7.62. The van der Waals surface area contributed by atoms with Crippen LogP contribution in [0.25, 0.3) is 0 Å². The fourth-order valence-corrected chi connectivity index (χ4v) is 3.75. The van der Waals surface area contributed by atoms with Crippen LogP contribution in [0.1, 0.15) is 37.5 Å². The highest BCUT2D eigenvalue weighted by molar-refractivity contribution is 9.11. The minimum atomic E-state index is -0.0634. The maximum Gasteiger partial charge on any atom is 0.228 e. The SMILES string of the molecule is CC1CC(NC(=O)C(C)c2ccc(Br)s2)CCN1.Cl. The highest BCUT2D eigenvalue weighted by Gasteiger charge is 2.23. The van der Waals surface area contributed by atoms with Crippen LogP contribution in [0.15, 0.2) is 15.9 Å². The maximum atomic E-state index is 12.2. The van der Waals surface area contributed by atoms with Gasteiger partial charge in [-0.3, -0.25) is 4.79 Å². The zero-order chi connectivity index (χ0) is 13.1. The Balaban J connectivity index is 0.00000180. The molecule has 0 aromatic carbocycles. The molecular formula is C13H20BrClN2OS. The van der Waals surface area contributed by atoms with Crippen molar-refractivity contribution in [3.63, 3.8) is 0 Å². The summed E-state index contributed by atoms with van der Waals surface area (Å²) in [6, 6.07) is 4.83. The second-order valence-electron chi connectivity index (χ2n) is 4.95. The molecular weight excluding hydrogens is 348 g/mol. The van der Waals surface area contributed by atoms with E-state index in [-0.39, 0.29) is 24.2 Å². The lowest BCUT2D eigenvalue weighted by molar-refractivity contribution is -0.123. The van der Waals surface area contributed by atoms with Gasteiger partial charge in [-0.2, -0.15) is 0 Å². The van der Waals surface area contributed by atoms with Gasteiger partial charge in [-0.05, 0) is 61.3 Å². The van der Waals surface area contributed by atoms with Crippen molar-refractivity contribution in [3.05, 3.63) is 20.8 Å². The number of hydrogen-bond acceptors (Lipinski definition) is 3. The number of thiophene rings is 1. The summed E-state index contributed by atoms with van der Waals surface area (Å²) in [5.74, 6) is 0.0786. The normalized spacial score (nSPS) is 24.4. The predicted molar refractivity (Wildman–Crippen MR) is 86.3 cm³/mol. The van der Waals surface area contributed by atoms with E-state index in [9.17, 15) is 4.79 Å². The van der Waals surface area contributed by atoms with E-state index in [1.54, 1.807) is 11.3 Å². The molecule has 0 radical (unpaired) electrons. The summed E-state index contributed by atoms with van der Waals surface area (Å²) < 4.78 is 1.08. The highest BCUT2D eigenvalue weighted by Crippen LogP contribution is 2.28. The molecule has 1 aromatic heterocycles. The van der Waals surface area contributed by atoms with Crippen molar-refractivity contribution in [2.24, 2.45) is 0 Å². The van der Waals surface area contributed by atoms with Crippen molar-refractivity contribution in [3.8, 4) is 0 Å². The molecule has 3 atom stereocenters. The van der Waals surface area contributed by atoms with Gasteiger partial charge in [0, 0.05) is 17.0 Å². The first kappa shape index (κ1) is 17.0. The van der Waals surface area contributed by atoms with Crippen molar-refractivity contribution < 1.29 is 4.79 Å². The summed E-state index contributed by atoms with van der Waals surface area (Å²) in [6.45, 7) is 5.13. The van der Waals surface area contributed by atoms with E-state index in [0.717, 1.165) is 28.0 Å². The summed E-state index contributed by atoms with van der Waals surface area (Å²) in [7, 11) is 0. The number of halogens is 2. The highest BCUT2D eigenvalue weighted by atomic mass is 79.9. The molecule has 0 aliphatic carbocycles. The Labute approximate surface area is 133 Å². The Kier molecular flexibility index (Phi) is 6.80. The second-order valence-corrected chi connectivity index (χ2v) is 7.44. The first-order valence-electron chi connectivity index (χ1n) is 6.35. The van der Waals surface area contributed by atoms with Crippen LogP contribution in [0.2, 0.25) is 0 Å². The number of carbonyl (C=O) groups excluding carboxylic acids is 1. The van der Waals surface area contributed by atoms with Crippen molar-refractivity contribution in [2.75, 3.05) is 6.54 Å². The minimum Gasteiger partial charge on any atom is -0.353 e. The summed E-state index contributed by atoms with van der Waals surface area (Å²) in [5.41, 5.74) is 0. The topological polar surface area (TPSA) is 41.1 Å². The molecule has 1 aliphatic rings. The first-order valence-corrected chi connectivity index (χ1v) is 7.96. The smallest absolute Gasteiger partial charge is 0.228 e. The molecule has 2 heterocycles. The van der Waals surface area contributed by atoms with Gasteiger partial charge in [-0.15, -0.1) is 23.7 Å². The molecule has 19 heavy (non-hydrogen) atoms. The van der Waals surface area contributed by atoms with Crippen LogP contribution >= 0.6 is 39.7 Å². The van der Waals surface area contributed by atoms with E-state index in [1.165, 1.54) is 0 Å². The zero-order valence-corrected chi connectivity index (χ0v) is 14.3. The molecule has 0 bridgehead atoms. The Hall–Kier alpha value is -0.100. The van der Waals surface area contributed by atoms with Crippen LogP contribution in [0.4, 0.5) is 0 Å². The maximum absolute atomic E-state index is 12.2. The Morgan fingerprint density at radius 3 is 2.89 bits per heavy atom. The lowest BCUT2D eigenvalue weighted by Crippen LogP contribution is -2.47. The van der Waals surface area contributed by atoms with Gasteiger partial charge in [0.2, 0.25) is 5.91 Å². The third-order valence-electron chi connectivity index (χ3n) is 3.38. The van der Waals surface area contributed by atoms with Gasteiger partial charge in [0.1, 0.15) is 0 Å². The van der Waals surface area contributed by atoms with Gasteiger partial charge in [-0.1, -0.05) is 0 Å². The van der Waals surface area contributed by atoms with Gasteiger partial charge in [0.15, 0.2) is 0 Å². The van der Waals surface area contributed by atoms with Gasteiger partial charge >= 0.3 is 0 Å². The molecule has 0 spiro atoms. The summed E-state index contributed by atoms with van der Waals surface area (Å²) in [6.07, 6.45) is 2.05. The fourth-order valence-electron chi connectivity index (χ4n) is 2.28. The lowest BCUT2D eigenvalue weighted by Gasteiger charge is -2.29. The number of nitrogens with one attached hydrogen (secondary N) is 2. The van der Waals surface area contributed by atoms with Crippen LogP contribution in [0.3, 0.4) is 0 Å². The Bertz CT molecular complexity index is 427. The molecule has 108 valence electrons. The quantitative estimate of drug-likeness (QED) is 0.860. The number of rotatable bonds is 3. The molecule has 1 amide bonds. The molecule has 1 fully saturated rings. The minimum absolute atomic E-state index is 0. The monoisotopic (exact) mass is 366 g/mol. The van der Waals surface area contributed by atoms with E-state index < -0.39 is 0 Å². The lowest BCUT2D eigenvalue weighted by atomic mass is 9.99. The molecule has 1 aliphatic heterocycles. The Morgan fingerprint density at radius 1 is 1.58 bits per heavy atom. The molecule has 6 heteroatoms. The molecule has 1 aromatic rings. The van der Waals surface area contributed by atoms with Crippen molar-refractivity contribution in [2.45, 2.75) is 44.7 Å². The van der Waals surface area contributed by atoms with Crippen LogP contribution in [0.5, 0.6) is 0 Å². The summed E-state index contributed by atoms with van der Waals surface area (Å²) >= 11 is 5.06. The molecule has 1 saturated heterocycles. The van der Waals surface area contributed by atoms with E-state index >= 15 is 0 Å². The van der Waals surface area contributed by atoms with Crippen LogP contribution in [-0.4, -0.2) is 24.5 Å². The van der Waals surface area contributed by atoms with Crippen LogP contribution in [0, 0.1) is 0 Å². The third-order valence-corrected chi connectivity index (χ3v) is 5.19. The number of piperidine rings is 1. The number of amides is 1. The van der Waals surface area contributed by atoms with Crippen molar-refractivity contribution in [1.29, 1.82) is 0 Å². The fraction of sp³-hybridized carbons (Fsp3) is 0.615. The van der Waals surface area contributed by atoms with Gasteiger partial charge in [0.25, 0.3) is 0 Å². The molecule has 0 saturated carbocycles. The van der Waals surface area contributed by atoms with E-state index in [4.69, 9.17) is 0 Å². The number of carbonyl (C=O) groups is 1. The number of hydrogen-bond donors (Lipinski definition) is 2. The Morgan fingerprint density at radius 2 is 2.32 bits per heavy atom. The average Bonchev–Trinajstić information content (AvgIpc) is 2.75. The average molecular weight is 368 g/mol. The van der Waals surface area contributed by atoms with Crippen LogP contribution in [-0.2, 0) is 4.79 Å². The summed E-state index contributed by atoms with van der Waals surface area (Å²) in [4.78, 5) is 13.3. The third kappa shape index (κ3) is 4.74. The summed E-state index contributed by atoms with van der Waals surface area (Å²) in [5, 5.41) is 6.56. The van der Waals surface area contributed by atoms with Gasteiger partial charge < -0.3 is 10.6 Å². The largest absolute Gasteiger partial charge is 0.353 e. The first-order chi connectivity index (χ1) is 8.56. The van der Waals surface area contributed by atoms with Crippen LogP contribution < -0.4 is 10.6 Å². The zero-order valence-electron chi connectivity index (χ0n) is 11.1. The van der Waals surface area contributed by atoms with E-state index in [0.29, 0.717) is 12.1 Å².